The van der Waals surface area contributed by atoms with Crippen LogP contribution in [0.15, 0.2) is 23.1 Å². The van der Waals surface area contributed by atoms with Gasteiger partial charge in [0.1, 0.15) is 0 Å². The van der Waals surface area contributed by atoms with E-state index >= 15 is 0 Å². The van der Waals surface area contributed by atoms with Crippen molar-refractivity contribution in [2.45, 2.75) is 62.5 Å². The minimum atomic E-state index is -4.55. The van der Waals surface area contributed by atoms with Gasteiger partial charge in [-0.15, -0.1) is 11.8 Å². The van der Waals surface area contributed by atoms with Gasteiger partial charge in [-0.25, -0.2) is 8.42 Å². The van der Waals surface area contributed by atoms with Gasteiger partial charge in [-0.2, -0.15) is 22.6 Å². The highest BCUT2D eigenvalue weighted by atomic mass is 32.2. The summed E-state index contributed by atoms with van der Waals surface area (Å²) < 4.78 is 70.6. The summed E-state index contributed by atoms with van der Waals surface area (Å²) in [6.45, 7) is 9.48. The van der Waals surface area contributed by atoms with Crippen molar-refractivity contribution in [3.63, 3.8) is 0 Å². The first-order chi connectivity index (χ1) is 22.8. The van der Waals surface area contributed by atoms with Crippen molar-refractivity contribution in [1.29, 1.82) is 0 Å². The van der Waals surface area contributed by atoms with Gasteiger partial charge < -0.3 is 10.0 Å². The van der Waals surface area contributed by atoms with Crippen LogP contribution in [0, 0.1) is 0 Å². The highest BCUT2D eigenvalue weighted by Gasteiger charge is 2.36. The number of thioether (sulfide) groups is 1. The first kappa shape index (κ1) is 35.6. The van der Waals surface area contributed by atoms with E-state index in [0.717, 1.165) is 62.0 Å². The fourth-order valence-corrected chi connectivity index (χ4v) is 8.94. The molecule has 4 heterocycles. The Morgan fingerprint density at radius 1 is 1.02 bits per heavy atom. The van der Waals surface area contributed by atoms with Gasteiger partial charge in [0.2, 0.25) is 15.9 Å². The number of hydrogen-bond acceptors (Lipinski definition) is 9. The standard InChI is InChI=1S/C32H46F3N7O4S2/c1-23(43)39-13-9-37(10-14-39)17-18-47-30-19-24(3-6-28(30)32(33,34)35)31-27-22-41(48(2,45)46)8-7-29(27)42(36-31)21-26(44)20-38-11-15-40(16-12-38)25-4-5-25/h3,6,19,25-26,44H,4-5,7-18,20-22H2,1-2H3. The summed E-state index contributed by atoms with van der Waals surface area (Å²) in [5.41, 5.74) is 1.68. The zero-order valence-corrected chi connectivity index (χ0v) is 29.3. The van der Waals surface area contributed by atoms with E-state index in [2.05, 4.69) is 14.7 Å². The molecule has 1 N–H and O–H groups in total. The third kappa shape index (κ3) is 8.56. The van der Waals surface area contributed by atoms with Crippen LogP contribution in [0.4, 0.5) is 13.2 Å². The molecular weight excluding hydrogens is 668 g/mol. The fourth-order valence-electron chi connectivity index (χ4n) is 7.03. The predicted molar refractivity (Wildman–Crippen MR) is 178 cm³/mol. The number of benzene rings is 1. The SMILES string of the molecule is CC(=O)N1CCN(CCSc2cc(-c3nn(CC(O)CN4CCN(C5CC5)CC4)c4c3CN(S(C)(=O)=O)CC4)ccc2C(F)(F)F)CC1. The van der Waals surface area contributed by atoms with Gasteiger partial charge in [-0.1, -0.05) is 6.07 Å². The molecule has 0 radical (unpaired) electrons. The first-order valence-electron chi connectivity index (χ1n) is 16.8. The molecule has 1 aromatic carbocycles. The molecule has 1 amide bonds. The van der Waals surface area contributed by atoms with Crippen molar-refractivity contribution in [2.75, 3.05) is 84.0 Å². The number of fused-ring (bicyclic) bond motifs is 1. The number of piperazine rings is 2. The van der Waals surface area contributed by atoms with Crippen LogP contribution in [0.2, 0.25) is 0 Å². The van der Waals surface area contributed by atoms with Gasteiger partial charge in [-0.3, -0.25) is 24.2 Å². The maximum Gasteiger partial charge on any atom is 0.417 e. The number of sulfonamides is 1. The van der Waals surface area contributed by atoms with Crippen LogP contribution in [0.1, 0.15) is 36.6 Å². The molecule has 11 nitrogen and oxygen atoms in total. The number of halogens is 3. The molecule has 266 valence electrons. The van der Waals surface area contributed by atoms with E-state index in [1.54, 1.807) is 9.58 Å². The molecule has 1 aliphatic carbocycles. The maximum atomic E-state index is 14.2. The topological polar surface area (TPSA) is 105 Å². The van der Waals surface area contributed by atoms with Crippen molar-refractivity contribution in [3.05, 3.63) is 35.0 Å². The number of β-amino-alcohol motifs (C(OH)–C–C–N with tert-alkyl or cyclic N) is 1. The number of carbonyl (C=O) groups excluding carboxylic acids is 1. The number of aliphatic hydroxyl groups is 1. The lowest BCUT2D eigenvalue weighted by Crippen LogP contribution is -2.49. The summed E-state index contributed by atoms with van der Waals surface area (Å²) in [7, 11) is -3.52. The van der Waals surface area contributed by atoms with E-state index in [-0.39, 0.29) is 30.4 Å². The number of aromatic nitrogens is 2. The second-order valence-electron chi connectivity index (χ2n) is 13.4. The van der Waals surface area contributed by atoms with Crippen molar-refractivity contribution in [2.24, 2.45) is 0 Å². The predicted octanol–water partition coefficient (Wildman–Crippen LogP) is 2.28. The van der Waals surface area contributed by atoms with Gasteiger partial charge in [0.15, 0.2) is 0 Å². The lowest BCUT2D eigenvalue weighted by molar-refractivity contribution is -0.139. The van der Waals surface area contributed by atoms with Crippen LogP contribution < -0.4 is 0 Å². The van der Waals surface area contributed by atoms with Gasteiger partial charge in [-0.05, 0) is 25.0 Å². The monoisotopic (exact) mass is 713 g/mol. The van der Waals surface area contributed by atoms with Crippen LogP contribution >= 0.6 is 11.8 Å². The van der Waals surface area contributed by atoms with Crippen LogP contribution in [0.5, 0.6) is 0 Å². The molecule has 3 fully saturated rings. The van der Waals surface area contributed by atoms with E-state index in [4.69, 9.17) is 5.10 Å². The average molecular weight is 714 g/mol. The van der Waals surface area contributed by atoms with Gasteiger partial charge in [0, 0.05) is 125 Å². The number of nitrogens with zero attached hydrogens (tertiary/aromatic N) is 7. The highest BCUT2D eigenvalue weighted by molar-refractivity contribution is 7.99. The van der Waals surface area contributed by atoms with E-state index in [9.17, 15) is 31.5 Å². The largest absolute Gasteiger partial charge is 0.417 e. The van der Waals surface area contributed by atoms with Gasteiger partial charge >= 0.3 is 6.18 Å². The minimum Gasteiger partial charge on any atom is -0.390 e. The van der Waals surface area contributed by atoms with Crippen LogP contribution in [-0.4, -0.2) is 149 Å². The van der Waals surface area contributed by atoms with Crippen LogP contribution in [-0.2, 0) is 40.5 Å². The molecule has 1 aromatic heterocycles. The number of rotatable bonds is 11. The van der Waals surface area contributed by atoms with Gasteiger partial charge in [0.25, 0.3) is 0 Å². The number of amides is 1. The molecule has 1 atom stereocenters. The van der Waals surface area contributed by atoms with Crippen LogP contribution in [0.3, 0.4) is 0 Å². The molecule has 0 bridgehead atoms. The van der Waals surface area contributed by atoms with Gasteiger partial charge in [0.05, 0.1) is 30.2 Å². The second kappa shape index (κ2) is 14.6. The van der Waals surface area contributed by atoms with Crippen molar-refractivity contribution >= 4 is 27.7 Å². The smallest absolute Gasteiger partial charge is 0.390 e. The summed E-state index contributed by atoms with van der Waals surface area (Å²) >= 11 is 1.14. The molecule has 2 saturated heterocycles. The van der Waals surface area contributed by atoms with E-state index in [1.807, 2.05) is 0 Å². The Morgan fingerprint density at radius 3 is 2.33 bits per heavy atom. The minimum absolute atomic E-state index is 0.0247. The Labute approximate surface area is 285 Å². The molecule has 4 aliphatic rings. The number of alkyl halides is 3. The maximum absolute atomic E-state index is 14.2. The lowest BCUT2D eigenvalue weighted by atomic mass is 10.0. The third-order valence-electron chi connectivity index (χ3n) is 9.93. The molecule has 1 unspecified atom stereocenters. The van der Waals surface area contributed by atoms with Crippen molar-refractivity contribution < 1.29 is 31.5 Å². The van der Waals surface area contributed by atoms with E-state index < -0.39 is 27.9 Å². The van der Waals surface area contributed by atoms with Crippen molar-refractivity contribution in [3.8, 4) is 11.3 Å². The Balaban J connectivity index is 1.21. The number of carbonyl (C=O) groups is 1. The molecule has 16 heteroatoms. The Bertz CT molecular complexity index is 1570. The highest BCUT2D eigenvalue weighted by Crippen LogP contribution is 2.40. The van der Waals surface area contributed by atoms with E-state index in [0.29, 0.717) is 68.3 Å². The molecule has 0 spiro atoms. The molecule has 3 aliphatic heterocycles. The summed E-state index contributed by atoms with van der Waals surface area (Å²) in [6, 6.07) is 4.73. The molecular formula is C32H46F3N7O4S2. The Morgan fingerprint density at radius 2 is 1.71 bits per heavy atom. The van der Waals surface area contributed by atoms with Crippen molar-refractivity contribution in [1.82, 2.24) is 33.7 Å². The zero-order valence-electron chi connectivity index (χ0n) is 27.7. The summed E-state index contributed by atoms with van der Waals surface area (Å²) in [4.78, 5) is 20.4. The average Bonchev–Trinajstić information content (AvgIpc) is 3.82. The molecule has 2 aromatic rings. The number of hydrogen-bond donors (Lipinski definition) is 1. The molecule has 6 rings (SSSR count). The fraction of sp³-hybridized carbons (Fsp3) is 0.688. The molecule has 1 saturated carbocycles. The quantitative estimate of drug-likeness (QED) is 0.352. The summed E-state index contributed by atoms with van der Waals surface area (Å²) in [6.07, 6.45) is -1.17. The zero-order chi connectivity index (χ0) is 34.2. The molecule has 48 heavy (non-hydrogen) atoms. The Hall–Kier alpha value is -2.21. The van der Waals surface area contributed by atoms with Crippen LogP contribution in [0.25, 0.3) is 11.3 Å². The first-order valence-corrected chi connectivity index (χ1v) is 19.6. The normalized spacial score (nSPS) is 21.4. The summed E-state index contributed by atoms with van der Waals surface area (Å²) in [5.74, 6) is 0.457. The van der Waals surface area contributed by atoms with E-state index in [1.165, 1.54) is 36.2 Å². The Kier molecular flexibility index (Phi) is 10.8. The second-order valence-corrected chi connectivity index (χ2v) is 16.5. The third-order valence-corrected chi connectivity index (χ3v) is 12.2. The number of aliphatic hydroxyl groups excluding tert-OH is 1. The lowest BCUT2D eigenvalue weighted by Gasteiger charge is -2.35. The summed E-state index contributed by atoms with van der Waals surface area (Å²) in [5, 5.41) is 16.0.